The van der Waals surface area contributed by atoms with E-state index in [-0.39, 0.29) is 6.61 Å². The van der Waals surface area contributed by atoms with Gasteiger partial charge in [0, 0.05) is 12.7 Å². The predicted molar refractivity (Wildman–Crippen MR) is 87.8 cm³/mol. The molecule has 0 radical (unpaired) electrons. The smallest absolute Gasteiger partial charge is 0.185 e. The van der Waals surface area contributed by atoms with Gasteiger partial charge in [0.05, 0.1) is 29.4 Å². The molecule has 0 spiro atoms. The third kappa shape index (κ3) is 3.80. The highest BCUT2D eigenvalue weighted by Crippen LogP contribution is 2.32. The van der Waals surface area contributed by atoms with Gasteiger partial charge in [-0.05, 0) is 31.4 Å². The number of aliphatic hydroxyl groups is 1. The van der Waals surface area contributed by atoms with Crippen LogP contribution in [0.3, 0.4) is 0 Å². The highest BCUT2D eigenvalue weighted by Gasteiger charge is 2.17. The van der Waals surface area contributed by atoms with Crippen molar-refractivity contribution in [3.63, 3.8) is 0 Å². The summed E-state index contributed by atoms with van der Waals surface area (Å²) >= 11 is 1.57. The molecule has 0 aliphatic rings. The van der Waals surface area contributed by atoms with Crippen molar-refractivity contribution in [3.05, 3.63) is 40.2 Å². The van der Waals surface area contributed by atoms with Gasteiger partial charge in [0.25, 0.3) is 0 Å². The summed E-state index contributed by atoms with van der Waals surface area (Å²) < 4.78 is 0. The fourth-order valence-corrected chi connectivity index (χ4v) is 3.20. The first kappa shape index (κ1) is 15.9. The van der Waals surface area contributed by atoms with Crippen LogP contribution in [0.25, 0.3) is 0 Å². The van der Waals surface area contributed by atoms with E-state index in [2.05, 4.69) is 23.7 Å². The molecule has 21 heavy (non-hydrogen) atoms. The van der Waals surface area contributed by atoms with Crippen molar-refractivity contribution < 1.29 is 5.11 Å². The van der Waals surface area contributed by atoms with Gasteiger partial charge in [-0.2, -0.15) is 0 Å². The molecule has 0 aliphatic heterocycles. The van der Waals surface area contributed by atoms with Crippen molar-refractivity contribution >= 4 is 16.5 Å². The minimum Gasteiger partial charge on any atom is -0.391 e. The third-order valence-electron chi connectivity index (χ3n) is 3.61. The molecule has 0 saturated heterocycles. The first-order chi connectivity index (χ1) is 10.0. The highest BCUT2D eigenvalue weighted by molar-refractivity contribution is 7.15. The molecule has 0 bridgehead atoms. The second-order valence-corrected chi connectivity index (χ2v) is 6.46. The zero-order valence-corrected chi connectivity index (χ0v) is 13.9. The van der Waals surface area contributed by atoms with E-state index in [1.54, 1.807) is 11.3 Å². The monoisotopic (exact) mass is 305 g/mol. The molecule has 2 heterocycles. The maximum absolute atomic E-state index is 9.52. The zero-order chi connectivity index (χ0) is 15.4. The molecule has 0 aliphatic carbocycles. The van der Waals surface area contributed by atoms with Gasteiger partial charge in [-0.1, -0.05) is 31.3 Å². The standard InChI is InChI=1S/C16H23N3OS/c1-5-11(2)15-14(10-20)21-16(18-15)19(4)9-13-8-6-7-12(3)17-13/h6-8,11,20H,5,9-10H2,1-4H3. The fourth-order valence-electron chi connectivity index (χ4n) is 2.20. The molecule has 2 rings (SSSR count). The van der Waals surface area contributed by atoms with Crippen LogP contribution < -0.4 is 4.90 Å². The van der Waals surface area contributed by atoms with E-state index in [9.17, 15) is 5.11 Å². The van der Waals surface area contributed by atoms with Crippen LogP contribution in [-0.4, -0.2) is 22.1 Å². The van der Waals surface area contributed by atoms with Crippen LogP contribution >= 0.6 is 11.3 Å². The Kier molecular flexibility index (Phi) is 5.31. The molecule has 0 saturated carbocycles. The third-order valence-corrected chi connectivity index (χ3v) is 4.78. The molecule has 2 aromatic rings. The fraction of sp³-hybridized carbons (Fsp3) is 0.500. The van der Waals surface area contributed by atoms with Crippen molar-refractivity contribution in [2.45, 2.75) is 46.3 Å². The average molecular weight is 305 g/mol. The number of anilines is 1. The normalized spacial score (nSPS) is 12.4. The lowest BCUT2D eigenvalue weighted by atomic mass is 10.0. The molecular weight excluding hydrogens is 282 g/mol. The number of hydrogen-bond acceptors (Lipinski definition) is 5. The zero-order valence-electron chi connectivity index (χ0n) is 13.1. The van der Waals surface area contributed by atoms with Crippen LogP contribution in [0.1, 0.15) is 48.1 Å². The molecule has 2 aromatic heterocycles. The van der Waals surface area contributed by atoms with E-state index >= 15 is 0 Å². The summed E-state index contributed by atoms with van der Waals surface area (Å²) in [5.41, 5.74) is 3.09. The van der Waals surface area contributed by atoms with Crippen molar-refractivity contribution in [2.24, 2.45) is 0 Å². The summed E-state index contributed by atoms with van der Waals surface area (Å²) in [5, 5.41) is 10.5. The summed E-state index contributed by atoms with van der Waals surface area (Å²) in [6, 6.07) is 6.05. The minimum atomic E-state index is 0.0634. The van der Waals surface area contributed by atoms with Gasteiger partial charge in [-0.25, -0.2) is 4.98 Å². The Morgan fingerprint density at radius 2 is 2.10 bits per heavy atom. The van der Waals surface area contributed by atoms with E-state index in [0.29, 0.717) is 5.92 Å². The Hall–Kier alpha value is -1.46. The minimum absolute atomic E-state index is 0.0634. The molecule has 4 nitrogen and oxygen atoms in total. The molecule has 0 amide bonds. The number of nitrogens with zero attached hydrogens (tertiary/aromatic N) is 3. The number of thiazole rings is 1. The van der Waals surface area contributed by atoms with Gasteiger partial charge < -0.3 is 10.0 Å². The van der Waals surface area contributed by atoms with E-state index < -0.39 is 0 Å². The summed E-state index contributed by atoms with van der Waals surface area (Å²) in [6.45, 7) is 7.08. The van der Waals surface area contributed by atoms with Crippen LogP contribution in [0.5, 0.6) is 0 Å². The lowest BCUT2D eigenvalue weighted by Crippen LogP contribution is -2.17. The first-order valence-electron chi connectivity index (χ1n) is 7.29. The van der Waals surface area contributed by atoms with Crippen molar-refractivity contribution in [3.8, 4) is 0 Å². The summed E-state index contributed by atoms with van der Waals surface area (Å²) in [6.07, 6.45) is 1.03. The van der Waals surface area contributed by atoms with Crippen LogP contribution in [-0.2, 0) is 13.2 Å². The van der Waals surface area contributed by atoms with Gasteiger partial charge in [-0.15, -0.1) is 0 Å². The summed E-state index contributed by atoms with van der Waals surface area (Å²) in [5.74, 6) is 0.377. The summed E-state index contributed by atoms with van der Waals surface area (Å²) in [4.78, 5) is 12.3. The Bertz CT molecular complexity index is 597. The average Bonchev–Trinajstić information content (AvgIpc) is 2.90. The molecule has 1 atom stereocenters. The van der Waals surface area contributed by atoms with Gasteiger partial charge in [0.15, 0.2) is 5.13 Å². The maximum atomic E-state index is 9.52. The molecule has 1 unspecified atom stereocenters. The second-order valence-electron chi connectivity index (χ2n) is 5.40. The van der Waals surface area contributed by atoms with Gasteiger partial charge in [-0.3, -0.25) is 4.98 Å². The maximum Gasteiger partial charge on any atom is 0.185 e. The second kappa shape index (κ2) is 7.00. The Morgan fingerprint density at radius 3 is 2.71 bits per heavy atom. The van der Waals surface area contributed by atoms with E-state index in [1.807, 2.05) is 32.2 Å². The molecule has 5 heteroatoms. The van der Waals surface area contributed by atoms with Crippen LogP contribution in [0.2, 0.25) is 0 Å². The molecule has 1 N–H and O–H groups in total. The Labute approximate surface area is 130 Å². The number of aromatic nitrogens is 2. The van der Waals surface area contributed by atoms with Crippen molar-refractivity contribution in [1.82, 2.24) is 9.97 Å². The number of aliphatic hydroxyl groups excluding tert-OH is 1. The number of rotatable bonds is 6. The van der Waals surface area contributed by atoms with Crippen molar-refractivity contribution in [1.29, 1.82) is 0 Å². The van der Waals surface area contributed by atoms with Gasteiger partial charge in [0.1, 0.15) is 0 Å². The Balaban J connectivity index is 2.19. The van der Waals surface area contributed by atoms with E-state index in [4.69, 9.17) is 4.98 Å². The number of hydrogen-bond donors (Lipinski definition) is 1. The molecular formula is C16H23N3OS. The van der Waals surface area contributed by atoms with E-state index in [1.165, 1.54) is 0 Å². The largest absolute Gasteiger partial charge is 0.391 e. The molecule has 114 valence electrons. The Morgan fingerprint density at radius 1 is 1.33 bits per heavy atom. The predicted octanol–water partition coefficient (Wildman–Crippen LogP) is 3.49. The molecule has 0 fully saturated rings. The lowest BCUT2D eigenvalue weighted by molar-refractivity contribution is 0.283. The van der Waals surface area contributed by atoms with Gasteiger partial charge in [0.2, 0.25) is 0 Å². The highest BCUT2D eigenvalue weighted by atomic mass is 32.1. The first-order valence-corrected chi connectivity index (χ1v) is 8.10. The lowest BCUT2D eigenvalue weighted by Gasteiger charge is -2.15. The topological polar surface area (TPSA) is 49.2 Å². The quantitative estimate of drug-likeness (QED) is 0.887. The van der Waals surface area contributed by atoms with Crippen LogP contribution in [0, 0.1) is 6.92 Å². The number of pyridine rings is 1. The van der Waals surface area contributed by atoms with Crippen LogP contribution in [0.4, 0.5) is 5.13 Å². The molecule has 0 aromatic carbocycles. The van der Waals surface area contributed by atoms with Gasteiger partial charge >= 0.3 is 0 Å². The SMILES string of the molecule is CCC(C)c1nc(N(C)Cc2cccc(C)n2)sc1CO. The van der Waals surface area contributed by atoms with Crippen LogP contribution in [0.15, 0.2) is 18.2 Å². The van der Waals surface area contributed by atoms with E-state index in [0.717, 1.165) is 40.1 Å². The summed E-state index contributed by atoms with van der Waals surface area (Å²) in [7, 11) is 2.02. The number of aryl methyl sites for hydroxylation is 1. The van der Waals surface area contributed by atoms with Crippen molar-refractivity contribution in [2.75, 3.05) is 11.9 Å².